The molecule has 0 spiro atoms. The van der Waals surface area contributed by atoms with E-state index in [2.05, 4.69) is 10.6 Å². The van der Waals surface area contributed by atoms with Gasteiger partial charge in [0.05, 0.1) is 23.1 Å². The van der Waals surface area contributed by atoms with Crippen molar-refractivity contribution >= 4 is 33.1 Å². The lowest BCUT2D eigenvalue weighted by Crippen LogP contribution is -2.39. The quantitative estimate of drug-likeness (QED) is 0.373. The monoisotopic (exact) mass is 389 g/mol. The van der Waals surface area contributed by atoms with Gasteiger partial charge in [-0.15, -0.1) is 4.73 Å². The lowest BCUT2D eigenvalue weighted by Gasteiger charge is -2.16. The second-order valence-corrected chi connectivity index (χ2v) is 8.84. The van der Waals surface area contributed by atoms with Gasteiger partial charge in [-0.25, -0.2) is 13.2 Å². The molecule has 3 unspecified atom stereocenters. The third-order valence-corrected chi connectivity index (χ3v) is 6.94. The Morgan fingerprint density at radius 3 is 2.64 bits per heavy atom. The fraction of sp³-hybridized carbons (Fsp3) is 0.571. The normalized spacial score (nSPS) is 26.7. The molecule has 0 amide bonds. The molecule has 0 saturated carbocycles. The molecule has 4 N–H and O–H groups in total. The summed E-state index contributed by atoms with van der Waals surface area (Å²) in [4.78, 5) is 16.6. The molecular formula is C14H19N3O6S2. The van der Waals surface area contributed by atoms with E-state index in [4.69, 9.17) is 17.1 Å². The van der Waals surface area contributed by atoms with Crippen LogP contribution in [0.5, 0.6) is 11.8 Å². The van der Waals surface area contributed by atoms with Crippen LogP contribution in [0.3, 0.4) is 0 Å². The molecule has 1 aromatic heterocycles. The largest absolute Gasteiger partial charge is 0.492 e. The number of rotatable bonds is 6. The molecule has 0 radical (unpaired) electrons. The second-order valence-electron chi connectivity index (χ2n) is 6.17. The lowest BCUT2D eigenvalue weighted by atomic mass is 10.0. The third-order valence-electron chi connectivity index (χ3n) is 4.43. The Bertz CT molecular complexity index is 771. The minimum Gasteiger partial charge on any atom is -0.492 e. The molecule has 0 bridgehead atoms. The number of nitrogens with zero attached hydrogens (tertiary/aromatic N) is 1. The van der Waals surface area contributed by atoms with E-state index >= 15 is 0 Å². The van der Waals surface area contributed by atoms with Crippen molar-refractivity contribution in [2.24, 2.45) is 0 Å². The minimum absolute atomic E-state index is 0.0437. The van der Waals surface area contributed by atoms with Crippen LogP contribution in [0.15, 0.2) is 12.1 Å². The van der Waals surface area contributed by atoms with Gasteiger partial charge in [-0.05, 0) is 25.1 Å². The molecule has 3 atom stereocenters. The molecule has 9 nitrogen and oxygen atoms in total. The van der Waals surface area contributed by atoms with Crippen molar-refractivity contribution in [3.63, 3.8) is 0 Å². The zero-order valence-corrected chi connectivity index (χ0v) is 14.8. The first-order valence-electron chi connectivity index (χ1n) is 7.87. The summed E-state index contributed by atoms with van der Waals surface area (Å²) in [6, 6.07) is 1.97. The molecular weight excluding hydrogens is 370 g/mol. The van der Waals surface area contributed by atoms with E-state index in [1.54, 1.807) is 0 Å². The number of hydrogen-bond donors (Lipinski definition) is 4. The van der Waals surface area contributed by atoms with E-state index in [0.29, 0.717) is 29.1 Å². The van der Waals surface area contributed by atoms with Crippen molar-refractivity contribution in [1.82, 2.24) is 15.4 Å². The first-order chi connectivity index (χ1) is 11.8. The van der Waals surface area contributed by atoms with Crippen LogP contribution < -0.4 is 15.5 Å². The van der Waals surface area contributed by atoms with E-state index in [9.17, 15) is 23.4 Å². The Balaban J connectivity index is 1.46. The lowest BCUT2D eigenvalue weighted by molar-refractivity contribution is -0.145. The number of sulfone groups is 1. The maximum absolute atomic E-state index is 12.2. The fourth-order valence-electron chi connectivity index (χ4n) is 3.26. The van der Waals surface area contributed by atoms with Crippen LogP contribution in [0.25, 0.3) is 0 Å². The molecule has 3 rings (SSSR count). The number of aromatic nitrogens is 1. The van der Waals surface area contributed by atoms with Crippen LogP contribution in [0.2, 0.25) is 0 Å². The van der Waals surface area contributed by atoms with Gasteiger partial charge in [-0.1, -0.05) is 6.42 Å². The highest BCUT2D eigenvalue weighted by Crippen LogP contribution is 2.28. The molecule has 25 heavy (non-hydrogen) atoms. The van der Waals surface area contributed by atoms with Gasteiger partial charge in [-0.3, -0.25) is 0 Å². The summed E-state index contributed by atoms with van der Waals surface area (Å²) < 4.78 is 25.1. The van der Waals surface area contributed by atoms with Gasteiger partial charge in [0.2, 0.25) is 11.8 Å². The van der Waals surface area contributed by atoms with Crippen LogP contribution in [-0.4, -0.2) is 57.5 Å². The number of unbranched alkanes of at least 4 members (excludes halogenated alkanes) is 1. The summed E-state index contributed by atoms with van der Waals surface area (Å²) in [5.41, 5.74) is 0. The SMILES string of the molecule is O=C(CCCCC1C2NC(=S)NC2CS1(=O)=O)On1c(O)ccc1O. The fourth-order valence-corrected chi connectivity index (χ4v) is 5.82. The Kier molecular flexibility index (Phi) is 4.78. The molecule has 2 aliphatic rings. The molecule has 1 aromatic rings. The highest BCUT2D eigenvalue weighted by molar-refractivity contribution is 7.92. The third kappa shape index (κ3) is 3.66. The summed E-state index contributed by atoms with van der Waals surface area (Å²) in [6.45, 7) is 0. The first-order valence-corrected chi connectivity index (χ1v) is 10.00. The van der Waals surface area contributed by atoms with Gasteiger partial charge >= 0.3 is 5.97 Å². The number of carbonyl (C=O) groups is 1. The molecule has 0 aromatic carbocycles. The predicted molar refractivity (Wildman–Crippen MR) is 91.8 cm³/mol. The highest BCUT2D eigenvalue weighted by atomic mass is 32.2. The van der Waals surface area contributed by atoms with Crippen LogP contribution in [0.4, 0.5) is 0 Å². The van der Waals surface area contributed by atoms with E-state index in [-0.39, 0.29) is 36.0 Å². The van der Waals surface area contributed by atoms with Gasteiger partial charge in [0.1, 0.15) is 0 Å². The smallest absolute Gasteiger partial charge is 0.333 e. The predicted octanol–water partition coefficient (Wildman–Crippen LogP) is -0.573. The molecule has 0 aliphatic carbocycles. The Labute approximate surface area is 149 Å². The van der Waals surface area contributed by atoms with E-state index in [1.165, 1.54) is 12.1 Å². The van der Waals surface area contributed by atoms with E-state index < -0.39 is 21.1 Å². The Hall–Kier alpha value is -2.01. The summed E-state index contributed by atoms with van der Waals surface area (Å²) in [5.74, 6) is -1.34. The van der Waals surface area contributed by atoms with Crippen molar-refractivity contribution in [2.75, 3.05) is 5.75 Å². The maximum Gasteiger partial charge on any atom is 0.333 e. The molecule has 138 valence electrons. The minimum atomic E-state index is -3.19. The zero-order chi connectivity index (χ0) is 18.2. The maximum atomic E-state index is 12.2. The van der Waals surface area contributed by atoms with Crippen molar-refractivity contribution < 1.29 is 28.3 Å². The van der Waals surface area contributed by atoms with Gasteiger partial charge < -0.3 is 25.7 Å². The molecule has 2 aliphatic heterocycles. The van der Waals surface area contributed by atoms with Crippen molar-refractivity contribution in [3.05, 3.63) is 12.1 Å². The number of aromatic hydroxyl groups is 2. The van der Waals surface area contributed by atoms with E-state index in [1.807, 2.05) is 0 Å². The van der Waals surface area contributed by atoms with Crippen LogP contribution >= 0.6 is 12.2 Å². The summed E-state index contributed by atoms with van der Waals surface area (Å²) in [7, 11) is -3.19. The van der Waals surface area contributed by atoms with Gasteiger partial charge in [0, 0.05) is 18.6 Å². The molecule has 2 saturated heterocycles. The highest BCUT2D eigenvalue weighted by Gasteiger charge is 2.50. The van der Waals surface area contributed by atoms with Crippen LogP contribution in [0.1, 0.15) is 25.7 Å². The van der Waals surface area contributed by atoms with E-state index in [0.717, 1.165) is 0 Å². The second kappa shape index (κ2) is 6.71. The van der Waals surface area contributed by atoms with Crippen molar-refractivity contribution in [1.29, 1.82) is 0 Å². The van der Waals surface area contributed by atoms with Crippen molar-refractivity contribution in [3.8, 4) is 11.8 Å². The number of carbonyl (C=O) groups excluding carboxylic acids is 1. The molecule has 3 heterocycles. The Morgan fingerprint density at radius 1 is 1.28 bits per heavy atom. The van der Waals surface area contributed by atoms with Gasteiger partial charge in [0.25, 0.3) is 0 Å². The molecule has 2 fully saturated rings. The summed E-state index contributed by atoms with van der Waals surface area (Å²) in [5, 5.41) is 24.7. The average molecular weight is 389 g/mol. The van der Waals surface area contributed by atoms with Gasteiger partial charge in [-0.2, -0.15) is 0 Å². The summed E-state index contributed by atoms with van der Waals surface area (Å²) >= 11 is 5.03. The average Bonchev–Trinajstić information content (AvgIpc) is 3.09. The number of fused-ring (bicyclic) bond motifs is 1. The zero-order valence-electron chi connectivity index (χ0n) is 13.2. The standard InChI is InChI=1S/C14H19N3O6S2/c18-10-5-6-11(19)17(10)23-12(20)4-2-1-3-9-13-8(7-25(9,21)22)15-14(24)16-13/h5-6,8-9,13,18-19H,1-4,7H2,(H2,15,16,24). The Morgan fingerprint density at radius 2 is 1.96 bits per heavy atom. The number of hydrogen-bond acceptors (Lipinski definition) is 7. The number of nitrogens with one attached hydrogen (secondary N) is 2. The number of thiocarbonyl (C=S) groups is 1. The van der Waals surface area contributed by atoms with Gasteiger partial charge in [0.15, 0.2) is 14.9 Å². The molecule has 11 heteroatoms. The first kappa shape index (κ1) is 17.8. The van der Waals surface area contributed by atoms with Crippen molar-refractivity contribution in [2.45, 2.75) is 43.0 Å². The topological polar surface area (TPSA) is 130 Å². The van der Waals surface area contributed by atoms with Crippen LogP contribution in [0, 0.1) is 0 Å². The van der Waals surface area contributed by atoms with Crippen LogP contribution in [-0.2, 0) is 14.6 Å². The summed E-state index contributed by atoms with van der Waals surface area (Å²) in [6.07, 6.45) is 1.43.